The molecule has 1 N–H and O–H groups in total. The Bertz CT molecular complexity index is 249. The smallest absolute Gasteiger partial charge is 0.0780 e. The normalized spacial score (nSPS) is 15.7. The SMILES string of the molecule is C=C(CC(OC)C(NC)C(C)CC)N(CCC)CCC. The molecule has 0 fully saturated rings. The number of likely N-dealkylation sites (N-methyl/N-ethyl adjacent to an activating group) is 1. The molecule has 0 amide bonds. The van der Waals surface area contributed by atoms with Gasteiger partial charge in [-0.05, 0) is 25.8 Å². The second-order valence-corrected chi connectivity index (χ2v) is 5.73. The van der Waals surface area contributed by atoms with E-state index in [1.54, 1.807) is 0 Å². The highest BCUT2D eigenvalue weighted by Crippen LogP contribution is 2.20. The van der Waals surface area contributed by atoms with Gasteiger partial charge in [0, 0.05) is 38.4 Å². The zero-order valence-corrected chi connectivity index (χ0v) is 14.5. The number of ether oxygens (including phenoxy) is 1. The van der Waals surface area contributed by atoms with Crippen LogP contribution in [0.15, 0.2) is 12.3 Å². The molecule has 0 saturated carbocycles. The van der Waals surface area contributed by atoms with Crippen LogP contribution in [-0.2, 0) is 4.74 Å². The van der Waals surface area contributed by atoms with E-state index in [4.69, 9.17) is 4.74 Å². The fourth-order valence-corrected chi connectivity index (χ4v) is 2.78. The quantitative estimate of drug-likeness (QED) is 0.592. The summed E-state index contributed by atoms with van der Waals surface area (Å²) < 4.78 is 5.75. The van der Waals surface area contributed by atoms with Gasteiger partial charge in [-0.1, -0.05) is 40.7 Å². The van der Waals surface area contributed by atoms with E-state index >= 15 is 0 Å². The van der Waals surface area contributed by atoms with Crippen LogP contribution in [0.1, 0.15) is 53.4 Å². The fraction of sp³-hybridized carbons (Fsp3) is 0.882. The topological polar surface area (TPSA) is 24.5 Å². The van der Waals surface area contributed by atoms with Crippen LogP contribution < -0.4 is 5.32 Å². The molecule has 3 unspecified atom stereocenters. The van der Waals surface area contributed by atoms with Crippen molar-refractivity contribution >= 4 is 0 Å². The Balaban J connectivity index is 4.70. The van der Waals surface area contributed by atoms with Crippen LogP contribution in [0.3, 0.4) is 0 Å². The van der Waals surface area contributed by atoms with E-state index in [2.05, 4.69) is 44.5 Å². The van der Waals surface area contributed by atoms with Crippen LogP contribution in [0.4, 0.5) is 0 Å². The van der Waals surface area contributed by atoms with Crippen molar-refractivity contribution in [1.29, 1.82) is 0 Å². The Morgan fingerprint density at radius 2 is 1.75 bits per heavy atom. The molecule has 0 aliphatic carbocycles. The molecule has 0 aliphatic rings. The van der Waals surface area contributed by atoms with Gasteiger partial charge in [0.25, 0.3) is 0 Å². The molecule has 0 aromatic carbocycles. The molecule has 0 saturated heterocycles. The summed E-state index contributed by atoms with van der Waals surface area (Å²) in [4.78, 5) is 2.41. The van der Waals surface area contributed by atoms with Gasteiger partial charge in [-0.2, -0.15) is 0 Å². The molecule has 20 heavy (non-hydrogen) atoms. The number of methoxy groups -OCH3 is 1. The van der Waals surface area contributed by atoms with Crippen LogP contribution >= 0.6 is 0 Å². The Labute approximate surface area is 126 Å². The lowest BCUT2D eigenvalue weighted by atomic mass is 9.92. The average molecular weight is 284 g/mol. The van der Waals surface area contributed by atoms with Crippen LogP contribution in [-0.4, -0.2) is 44.3 Å². The zero-order chi connectivity index (χ0) is 15.5. The van der Waals surface area contributed by atoms with Gasteiger partial charge in [-0.3, -0.25) is 0 Å². The molecule has 120 valence electrons. The third-order valence-corrected chi connectivity index (χ3v) is 4.16. The minimum Gasteiger partial charge on any atom is -0.379 e. The lowest BCUT2D eigenvalue weighted by molar-refractivity contribution is 0.0471. The number of nitrogens with zero attached hydrogens (tertiary/aromatic N) is 1. The van der Waals surface area contributed by atoms with E-state index in [9.17, 15) is 0 Å². The summed E-state index contributed by atoms with van der Waals surface area (Å²) in [5.41, 5.74) is 1.21. The molecule has 0 bridgehead atoms. The van der Waals surface area contributed by atoms with Crippen molar-refractivity contribution in [2.24, 2.45) is 5.92 Å². The first-order valence-corrected chi connectivity index (χ1v) is 8.18. The molecule has 0 aromatic rings. The first-order valence-electron chi connectivity index (χ1n) is 8.18. The number of nitrogens with one attached hydrogen (secondary N) is 1. The Morgan fingerprint density at radius 1 is 1.20 bits per heavy atom. The molecule has 0 radical (unpaired) electrons. The number of hydrogen-bond acceptors (Lipinski definition) is 3. The zero-order valence-electron chi connectivity index (χ0n) is 14.5. The summed E-state index contributed by atoms with van der Waals surface area (Å²) in [6, 6.07) is 0.381. The summed E-state index contributed by atoms with van der Waals surface area (Å²) in [6.45, 7) is 15.4. The second-order valence-electron chi connectivity index (χ2n) is 5.73. The lowest BCUT2D eigenvalue weighted by Crippen LogP contribution is -2.44. The molecule has 3 heteroatoms. The largest absolute Gasteiger partial charge is 0.379 e. The van der Waals surface area contributed by atoms with Crippen LogP contribution in [0.2, 0.25) is 0 Å². The van der Waals surface area contributed by atoms with Crippen molar-refractivity contribution < 1.29 is 4.74 Å². The fourth-order valence-electron chi connectivity index (χ4n) is 2.78. The number of hydrogen-bond donors (Lipinski definition) is 1. The molecule has 0 rings (SSSR count). The summed E-state index contributed by atoms with van der Waals surface area (Å²) >= 11 is 0. The van der Waals surface area contributed by atoms with Gasteiger partial charge < -0.3 is 15.0 Å². The number of rotatable bonds is 12. The lowest BCUT2D eigenvalue weighted by Gasteiger charge is -2.34. The Kier molecular flexibility index (Phi) is 10.9. The average Bonchev–Trinajstić information content (AvgIpc) is 2.46. The predicted molar refractivity (Wildman–Crippen MR) is 89.0 cm³/mol. The minimum absolute atomic E-state index is 0.193. The molecule has 0 heterocycles. The maximum atomic E-state index is 5.75. The molecule has 0 spiro atoms. The highest BCUT2D eigenvalue weighted by molar-refractivity contribution is 4.99. The van der Waals surface area contributed by atoms with Gasteiger partial charge in [-0.25, -0.2) is 0 Å². The van der Waals surface area contributed by atoms with Crippen LogP contribution in [0.25, 0.3) is 0 Å². The summed E-state index contributed by atoms with van der Waals surface area (Å²) in [5, 5.41) is 3.43. The highest BCUT2D eigenvalue weighted by Gasteiger charge is 2.26. The van der Waals surface area contributed by atoms with Crippen LogP contribution in [0.5, 0.6) is 0 Å². The van der Waals surface area contributed by atoms with Crippen molar-refractivity contribution in [2.45, 2.75) is 65.5 Å². The summed E-state index contributed by atoms with van der Waals surface area (Å²) in [5.74, 6) is 0.601. The third-order valence-electron chi connectivity index (χ3n) is 4.16. The summed E-state index contributed by atoms with van der Waals surface area (Å²) in [6.07, 6.45) is 4.59. The monoisotopic (exact) mass is 284 g/mol. The van der Waals surface area contributed by atoms with Gasteiger partial charge in [0.15, 0.2) is 0 Å². The van der Waals surface area contributed by atoms with Gasteiger partial charge in [0.1, 0.15) is 0 Å². The van der Waals surface area contributed by atoms with E-state index in [1.807, 2.05) is 14.2 Å². The van der Waals surface area contributed by atoms with Crippen LogP contribution in [0, 0.1) is 5.92 Å². The van der Waals surface area contributed by atoms with E-state index < -0.39 is 0 Å². The van der Waals surface area contributed by atoms with Crippen molar-refractivity contribution in [3.8, 4) is 0 Å². The molecule has 3 atom stereocenters. The van der Waals surface area contributed by atoms with Gasteiger partial charge >= 0.3 is 0 Å². The first kappa shape index (κ1) is 19.5. The first-order chi connectivity index (χ1) is 9.55. The van der Waals surface area contributed by atoms with Crippen molar-refractivity contribution in [3.63, 3.8) is 0 Å². The highest BCUT2D eigenvalue weighted by atomic mass is 16.5. The molecular formula is C17H36N2O. The third kappa shape index (κ3) is 6.27. The maximum absolute atomic E-state index is 5.75. The Hall–Kier alpha value is -0.540. The van der Waals surface area contributed by atoms with Crippen molar-refractivity contribution in [3.05, 3.63) is 12.3 Å². The van der Waals surface area contributed by atoms with E-state index in [-0.39, 0.29) is 6.10 Å². The van der Waals surface area contributed by atoms with Crippen molar-refractivity contribution in [2.75, 3.05) is 27.2 Å². The standard InChI is InChI=1S/C17H36N2O/c1-8-11-19(12-9-2)15(5)13-16(20-7)17(18-6)14(4)10-3/h14,16-18H,5,8-13H2,1-4,6-7H3. The minimum atomic E-state index is 0.193. The van der Waals surface area contributed by atoms with Gasteiger partial charge in [0.2, 0.25) is 0 Å². The molecule has 0 aromatic heterocycles. The van der Waals surface area contributed by atoms with Gasteiger partial charge in [-0.15, -0.1) is 0 Å². The molecule has 3 nitrogen and oxygen atoms in total. The van der Waals surface area contributed by atoms with E-state index in [1.165, 1.54) is 5.70 Å². The predicted octanol–water partition coefficient (Wildman–Crippen LogP) is 3.66. The summed E-state index contributed by atoms with van der Waals surface area (Å²) in [7, 11) is 3.84. The maximum Gasteiger partial charge on any atom is 0.0780 e. The molecular weight excluding hydrogens is 248 g/mol. The molecule has 0 aliphatic heterocycles. The second kappa shape index (κ2) is 11.2. The van der Waals surface area contributed by atoms with Gasteiger partial charge in [0.05, 0.1) is 6.10 Å². The van der Waals surface area contributed by atoms with E-state index in [0.29, 0.717) is 12.0 Å². The van der Waals surface area contributed by atoms with E-state index in [0.717, 1.165) is 38.8 Å². The van der Waals surface area contributed by atoms with Crippen molar-refractivity contribution in [1.82, 2.24) is 10.2 Å². The Morgan fingerprint density at radius 3 is 2.10 bits per heavy atom.